The Bertz CT molecular complexity index is 694. The summed E-state index contributed by atoms with van der Waals surface area (Å²) < 4.78 is 29.9. The lowest BCUT2D eigenvalue weighted by Crippen LogP contribution is -2.33. The van der Waals surface area contributed by atoms with E-state index in [1.54, 1.807) is 0 Å². The predicted molar refractivity (Wildman–Crippen MR) is 61.1 cm³/mol. The van der Waals surface area contributed by atoms with Crippen LogP contribution in [-0.4, -0.2) is 42.8 Å². The summed E-state index contributed by atoms with van der Waals surface area (Å²) in [6, 6.07) is 3.15. The number of sulfonamides is 1. The number of nitro benzene ring substituents is 1. The molecule has 0 spiro atoms. The standard InChI is InChI=1S/C10H8N2O6S/c13-10-8-3-6(12(14)15)1-2-9(8)19(16,17)11(10)4-7-5-18-7/h1-3,7H,4-5H2. The van der Waals surface area contributed by atoms with Gasteiger partial charge in [-0.15, -0.1) is 0 Å². The molecule has 1 atom stereocenters. The van der Waals surface area contributed by atoms with E-state index in [2.05, 4.69) is 0 Å². The Morgan fingerprint density at radius 2 is 2.16 bits per heavy atom. The molecule has 0 aliphatic carbocycles. The number of nitro groups is 1. The van der Waals surface area contributed by atoms with E-state index < -0.39 is 20.9 Å². The van der Waals surface area contributed by atoms with Gasteiger partial charge in [-0.05, 0) is 6.07 Å². The normalized spacial score (nSPS) is 23.3. The molecule has 2 heterocycles. The SMILES string of the molecule is O=C1c2cc([N+](=O)[O-])ccc2S(=O)(=O)N1CC1CO1. The highest BCUT2D eigenvalue weighted by Crippen LogP contribution is 2.33. The van der Waals surface area contributed by atoms with Crippen LogP contribution in [0.15, 0.2) is 23.1 Å². The Morgan fingerprint density at radius 1 is 1.47 bits per heavy atom. The number of amides is 1. The quantitative estimate of drug-likeness (QED) is 0.443. The Labute approximate surface area is 107 Å². The van der Waals surface area contributed by atoms with E-state index in [1.807, 2.05) is 0 Å². The summed E-state index contributed by atoms with van der Waals surface area (Å²) in [4.78, 5) is 21.8. The van der Waals surface area contributed by atoms with Crippen molar-refractivity contribution in [3.63, 3.8) is 0 Å². The van der Waals surface area contributed by atoms with Gasteiger partial charge in [0.15, 0.2) is 0 Å². The van der Waals surface area contributed by atoms with Crippen LogP contribution in [0.1, 0.15) is 10.4 Å². The van der Waals surface area contributed by atoms with Gasteiger partial charge in [0, 0.05) is 12.1 Å². The van der Waals surface area contributed by atoms with Crippen LogP contribution in [0.2, 0.25) is 0 Å². The van der Waals surface area contributed by atoms with Gasteiger partial charge in [0.1, 0.15) is 4.90 Å². The highest BCUT2D eigenvalue weighted by molar-refractivity contribution is 7.90. The molecule has 3 rings (SSSR count). The average molecular weight is 284 g/mol. The molecule has 0 bridgehead atoms. The third kappa shape index (κ3) is 1.78. The van der Waals surface area contributed by atoms with Crippen LogP contribution in [0.5, 0.6) is 0 Å². The van der Waals surface area contributed by atoms with Gasteiger partial charge in [0.05, 0.1) is 29.7 Å². The van der Waals surface area contributed by atoms with Gasteiger partial charge < -0.3 is 4.74 Å². The molecule has 9 heteroatoms. The number of hydrogen-bond donors (Lipinski definition) is 0. The number of carbonyl (C=O) groups excluding carboxylic acids is 1. The highest BCUT2D eigenvalue weighted by atomic mass is 32.2. The maximum Gasteiger partial charge on any atom is 0.270 e. The summed E-state index contributed by atoms with van der Waals surface area (Å²) in [5.74, 6) is -0.741. The monoisotopic (exact) mass is 284 g/mol. The first kappa shape index (κ1) is 12.1. The summed E-state index contributed by atoms with van der Waals surface area (Å²) in [5.41, 5.74) is -0.471. The second-order valence-electron chi connectivity index (χ2n) is 4.23. The van der Waals surface area contributed by atoms with Crippen LogP contribution in [-0.2, 0) is 14.8 Å². The molecule has 1 aromatic rings. The number of ether oxygens (including phenoxy) is 1. The molecule has 1 fully saturated rings. The number of hydrogen-bond acceptors (Lipinski definition) is 6. The highest BCUT2D eigenvalue weighted by Gasteiger charge is 2.44. The molecule has 1 unspecified atom stereocenters. The number of epoxide rings is 1. The summed E-state index contributed by atoms with van der Waals surface area (Å²) in [6.45, 7) is 0.361. The molecule has 19 heavy (non-hydrogen) atoms. The zero-order chi connectivity index (χ0) is 13.8. The number of carbonyl (C=O) groups is 1. The zero-order valence-electron chi connectivity index (χ0n) is 9.48. The van der Waals surface area contributed by atoms with Crippen LogP contribution in [0, 0.1) is 10.1 Å². The van der Waals surface area contributed by atoms with Gasteiger partial charge in [-0.2, -0.15) is 0 Å². The van der Waals surface area contributed by atoms with Gasteiger partial charge in [-0.1, -0.05) is 0 Å². The first-order chi connectivity index (χ1) is 8.91. The van der Waals surface area contributed by atoms with Crippen molar-refractivity contribution in [1.82, 2.24) is 4.31 Å². The minimum absolute atomic E-state index is 0.0519. The molecule has 0 aromatic heterocycles. The van der Waals surface area contributed by atoms with E-state index in [0.29, 0.717) is 10.9 Å². The first-order valence-electron chi connectivity index (χ1n) is 5.38. The molecule has 0 radical (unpaired) electrons. The van der Waals surface area contributed by atoms with Crippen molar-refractivity contribution in [2.75, 3.05) is 13.2 Å². The number of non-ortho nitro benzene ring substituents is 1. The second kappa shape index (κ2) is 3.75. The maximum absolute atomic E-state index is 12.1. The van der Waals surface area contributed by atoms with Gasteiger partial charge in [0.25, 0.3) is 21.6 Å². The second-order valence-corrected chi connectivity index (χ2v) is 6.06. The Kier molecular flexibility index (Phi) is 2.38. The molecule has 1 amide bonds. The van der Waals surface area contributed by atoms with Crippen molar-refractivity contribution in [1.29, 1.82) is 0 Å². The fourth-order valence-electron chi connectivity index (χ4n) is 1.93. The summed E-state index contributed by atoms with van der Waals surface area (Å²) in [6.07, 6.45) is -0.275. The lowest BCUT2D eigenvalue weighted by molar-refractivity contribution is -0.384. The lowest BCUT2D eigenvalue weighted by Gasteiger charge is -2.12. The molecule has 100 valence electrons. The van der Waals surface area contributed by atoms with Gasteiger partial charge in [0.2, 0.25) is 0 Å². The van der Waals surface area contributed by atoms with E-state index in [4.69, 9.17) is 4.74 Å². The minimum atomic E-state index is -3.91. The van der Waals surface area contributed by atoms with Gasteiger partial charge >= 0.3 is 0 Å². The van der Waals surface area contributed by atoms with Crippen LogP contribution in [0.4, 0.5) is 5.69 Å². The molecule has 2 aliphatic rings. The van der Waals surface area contributed by atoms with E-state index in [9.17, 15) is 23.3 Å². The molecule has 0 saturated carbocycles. The third-order valence-corrected chi connectivity index (χ3v) is 4.78. The fourth-order valence-corrected chi connectivity index (χ4v) is 3.51. The first-order valence-corrected chi connectivity index (χ1v) is 6.82. The predicted octanol–water partition coefficient (Wildman–Crippen LogP) is 0.138. The number of benzene rings is 1. The molecular formula is C10H8N2O6S. The van der Waals surface area contributed by atoms with Gasteiger partial charge in [-0.25, -0.2) is 12.7 Å². The van der Waals surface area contributed by atoms with Crippen LogP contribution in [0.25, 0.3) is 0 Å². The number of nitrogens with zero attached hydrogens (tertiary/aromatic N) is 2. The Hall–Kier alpha value is -2.00. The molecule has 8 nitrogen and oxygen atoms in total. The summed E-state index contributed by atoms with van der Waals surface area (Å²) in [7, 11) is -3.91. The van der Waals surface area contributed by atoms with E-state index in [0.717, 1.165) is 18.2 Å². The Morgan fingerprint density at radius 3 is 2.74 bits per heavy atom. The van der Waals surface area contributed by atoms with Crippen molar-refractivity contribution in [3.05, 3.63) is 33.9 Å². The van der Waals surface area contributed by atoms with Crippen molar-refractivity contribution in [2.24, 2.45) is 0 Å². The molecular weight excluding hydrogens is 276 g/mol. The van der Waals surface area contributed by atoms with Crippen LogP contribution in [0.3, 0.4) is 0 Å². The zero-order valence-corrected chi connectivity index (χ0v) is 10.3. The van der Waals surface area contributed by atoms with E-state index >= 15 is 0 Å². The van der Waals surface area contributed by atoms with Crippen molar-refractivity contribution in [3.8, 4) is 0 Å². The third-order valence-electron chi connectivity index (χ3n) is 2.97. The largest absolute Gasteiger partial charge is 0.371 e. The minimum Gasteiger partial charge on any atom is -0.371 e. The molecule has 2 aliphatic heterocycles. The smallest absolute Gasteiger partial charge is 0.270 e. The molecule has 0 N–H and O–H groups in total. The van der Waals surface area contributed by atoms with E-state index in [-0.39, 0.29) is 28.8 Å². The maximum atomic E-state index is 12.1. The lowest BCUT2D eigenvalue weighted by atomic mass is 10.2. The summed E-state index contributed by atoms with van der Waals surface area (Å²) >= 11 is 0. The van der Waals surface area contributed by atoms with Gasteiger partial charge in [-0.3, -0.25) is 14.9 Å². The van der Waals surface area contributed by atoms with E-state index in [1.165, 1.54) is 0 Å². The summed E-state index contributed by atoms with van der Waals surface area (Å²) in [5, 5.41) is 10.6. The number of rotatable bonds is 3. The number of fused-ring (bicyclic) bond motifs is 1. The van der Waals surface area contributed by atoms with Crippen molar-refractivity contribution < 1.29 is 22.9 Å². The average Bonchev–Trinajstić information content (AvgIpc) is 3.15. The molecule has 1 saturated heterocycles. The van der Waals surface area contributed by atoms with Crippen LogP contribution >= 0.6 is 0 Å². The van der Waals surface area contributed by atoms with Crippen molar-refractivity contribution in [2.45, 2.75) is 11.0 Å². The van der Waals surface area contributed by atoms with Crippen molar-refractivity contribution >= 4 is 21.6 Å². The Balaban J connectivity index is 2.08. The fraction of sp³-hybridized carbons (Fsp3) is 0.300. The van der Waals surface area contributed by atoms with Crippen LogP contribution < -0.4 is 0 Å². The molecule has 1 aromatic carbocycles. The topological polar surface area (TPSA) is 110 Å².